The summed E-state index contributed by atoms with van der Waals surface area (Å²) < 4.78 is 43.0. The molecule has 0 amide bonds. The molecule has 8 nitrogen and oxygen atoms in total. The van der Waals surface area contributed by atoms with Crippen molar-refractivity contribution >= 4 is 56.4 Å². The molecule has 8 N–H and O–H groups in total. The highest BCUT2D eigenvalue weighted by molar-refractivity contribution is 7.99. The zero-order valence-corrected chi connectivity index (χ0v) is 29.0. The van der Waals surface area contributed by atoms with Crippen molar-refractivity contribution in [3.8, 4) is 10.6 Å². The van der Waals surface area contributed by atoms with Gasteiger partial charge in [0, 0.05) is 67.1 Å². The van der Waals surface area contributed by atoms with Gasteiger partial charge in [-0.1, -0.05) is 12.5 Å². The molecule has 0 aliphatic carbocycles. The average Bonchev–Trinajstić information content (AvgIpc) is 3.47. The number of carbonyl (C=O) groups excluding carboxylic acids is 2. The first kappa shape index (κ1) is 38.0. The van der Waals surface area contributed by atoms with Gasteiger partial charge >= 0.3 is 6.18 Å². The Balaban J connectivity index is 1.50. The number of halogens is 3. The standard InChI is InChI=1S/C36H43F3N6O2S2/c37-36(38,39)27-19-25(21-29(46)5-2-1-3-6-33(42)43)34(48-16-14-41)26(20-27)22-30(47)17-23-7-12-31-32(18-23)49-35(45-31)24-8-10-28(11-9-24)44-15-4-13-40/h7-12,18-20,44H,1-6,13-17,21-22,40-41H2,(H3,42,43). The van der Waals surface area contributed by atoms with Gasteiger partial charge in [0.2, 0.25) is 0 Å². The molecule has 0 aliphatic rings. The number of benzene rings is 3. The molecule has 49 heavy (non-hydrogen) atoms. The van der Waals surface area contributed by atoms with E-state index < -0.39 is 11.7 Å². The first-order valence-electron chi connectivity index (χ1n) is 16.3. The van der Waals surface area contributed by atoms with E-state index in [0.29, 0.717) is 42.9 Å². The number of nitrogens with zero attached hydrogens (tertiary/aromatic N) is 1. The lowest BCUT2D eigenvalue weighted by molar-refractivity contribution is -0.138. The summed E-state index contributed by atoms with van der Waals surface area (Å²) in [6.45, 7) is 1.71. The van der Waals surface area contributed by atoms with Gasteiger partial charge in [0.15, 0.2) is 0 Å². The molecule has 4 rings (SSSR count). The van der Waals surface area contributed by atoms with Crippen LogP contribution < -0.4 is 22.5 Å². The van der Waals surface area contributed by atoms with Crippen LogP contribution in [0.1, 0.15) is 60.8 Å². The number of hydrogen-bond donors (Lipinski definition) is 5. The Kier molecular flexibility index (Phi) is 14.2. The quantitative estimate of drug-likeness (QED) is 0.0280. The molecule has 0 unspecified atom stereocenters. The van der Waals surface area contributed by atoms with E-state index in [1.165, 1.54) is 23.1 Å². The number of nitrogens with one attached hydrogen (secondary N) is 2. The van der Waals surface area contributed by atoms with E-state index >= 15 is 0 Å². The van der Waals surface area contributed by atoms with Gasteiger partial charge in [0.1, 0.15) is 16.6 Å². The number of thiazole rings is 1. The van der Waals surface area contributed by atoms with Crippen molar-refractivity contribution < 1.29 is 22.8 Å². The molecule has 0 saturated heterocycles. The number of Topliss-reactive ketones (excluding diaryl/α,β-unsaturated/α-hetero) is 2. The molecule has 1 heterocycles. The summed E-state index contributed by atoms with van der Waals surface area (Å²) in [6.07, 6.45) is -1.51. The van der Waals surface area contributed by atoms with Crippen LogP contribution in [-0.4, -0.2) is 47.8 Å². The normalized spacial score (nSPS) is 11.6. The number of carbonyl (C=O) groups is 2. The van der Waals surface area contributed by atoms with Crippen molar-refractivity contribution in [3.05, 3.63) is 76.9 Å². The minimum absolute atomic E-state index is 0.0398. The van der Waals surface area contributed by atoms with Crippen LogP contribution in [0.3, 0.4) is 0 Å². The number of anilines is 1. The lowest BCUT2D eigenvalue weighted by atomic mass is 9.95. The molecule has 3 aromatic carbocycles. The first-order valence-corrected chi connectivity index (χ1v) is 18.1. The van der Waals surface area contributed by atoms with Crippen molar-refractivity contribution in [2.75, 3.05) is 30.7 Å². The van der Waals surface area contributed by atoms with E-state index in [1.807, 2.05) is 42.5 Å². The van der Waals surface area contributed by atoms with Crippen molar-refractivity contribution in [2.24, 2.45) is 17.2 Å². The second kappa shape index (κ2) is 18.3. The van der Waals surface area contributed by atoms with Crippen LogP contribution in [0.25, 0.3) is 20.8 Å². The molecular weight excluding hydrogens is 670 g/mol. The number of fused-ring (bicyclic) bond motifs is 1. The molecular formula is C36H43F3N6O2S2. The third-order valence-electron chi connectivity index (χ3n) is 7.81. The van der Waals surface area contributed by atoms with E-state index in [2.05, 4.69) is 5.32 Å². The predicted molar refractivity (Wildman–Crippen MR) is 195 cm³/mol. The van der Waals surface area contributed by atoms with Crippen molar-refractivity contribution in [2.45, 2.75) is 68.9 Å². The molecule has 0 spiro atoms. The fraction of sp³-hybridized carbons (Fsp3) is 0.389. The molecule has 0 aliphatic heterocycles. The minimum atomic E-state index is -4.64. The smallest absolute Gasteiger partial charge is 0.388 e. The van der Waals surface area contributed by atoms with E-state index in [0.717, 1.165) is 57.1 Å². The van der Waals surface area contributed by atoms with Gasteiger partial charge in [-0.2, -0.15) is 13.2 Å². The monoisotopic (exact) mass is 712 g/mol. The summed E-state index contributed by atoms with van der Waals surface area (Å²) in [5.41, 5.74) is 19.8. The largest absolute Gasteiger partial charge is 0.416 e. The molecule has 4 aromatic rings. The van der Waals surface area contributed by atoms with Crippen LogP contribution in [0.2, 0.25) is 0 Å². The molecule has 1 aromatic heterocycles. The topological polar surface area (TPSA) is 161 Å². The summed E-state index contributed by atoms with van der Waals surface area (Å²) in [6, 6.07) is 15.6. The van der Waals surface area contributed by atoms with Gasteiger partial charge < -0.3 is 22.5 Å². The zero-order chi connectivity index (χ0) is 35.4. The molecule has 13 heteroatoms. The fourth-order valence-corrected chi connectivity index (χ4v) is 7.40. The van der Waals surface area contributed by atoms with Crippen LogP contribution in [-0.2, 0) is 35.0 Å². The van der Waals surface area contributed by atoms with Crippen LogP contribution in [0.4, 0.5) is 18.9 Å². The van der Waals surface area contributed by atoms with Crippen molar-refractivity contribution in [1.82, 2.24) is 4.98 Å². The van der Waals surface area contributed by atoms with Crippen LogP contribution in [0.5, 0.6) is 0 Å². The number of unbranched alkanes of at least 4 members (excludes halogenated alkanes) is 2. The third-order valence-corrected chi connectivity index (χ3v) is 10.1. The third kappa shape index (κ3) is 11.7. The summed E-state index contributed by atoms with van der Waals surface area (Å²) in [5, 5.41) is 11.5. The molecule has 0 bridgehead atoms. The maximum absolute atomic E-state index is 14.0. The van der Waals surface area contributed by atoms with E-state index in [4.69, 9.17) is 27.6 Å². The van der Waals surface area contributed by atoms with Crippen LogP contribution in [0.15, 0.2) is 59.5 Å². The molecule has 0 atom stereocenters. The summed E-state index contributed by atoms with van der Waals surface area (Å²) in [4.78, 5) is 31.6. The summed E-state index contributed by atoms with van der Waals surface area (Å²) in [7, 11) is 0. The Morgan fingerprint density at radius 3 is 2.20 bits per heavy atom. The number of nitrogens with two attached hydrogens (primary N) is 3. The fourth-order valence-electron chi connectivity index (χ4n) is 5.41. The Bertz CT molecular complexity index is 1740. The highest BCUT2D eigenvalue weighted by atomic mass is 32.2. The van der Waals surface area contributed by atoms with Crippen LogP contribution in [0, 0.1) is 5.41 Å². The zero-order valence-electron chi connectivity index (χ0n) is 27.3. The number of ketones is 2. The molecule has 0 radical (unpaired) electrons. The number of thioether (sulfide) groups is 1. The van der Waals surface area contributed by atoms with E-state index in [1.54, 1.807) is 0 Å². The van der Waals surface area contributed by atoms with Gasteiger partial charge in [-0.3, -0.25) is 15.0 Å². The predicted octanol–water partition coefficient (Wildman–Crippen LogP) is 7.15. The number of amidine groups is 1. The summed E-state index contributed by atoms with van der Waals surface area (Å²) in [5.74, 6) is 0.0956. The highest BCUT2D eigenvalue weighted by Crippen LogP contribution is 2.37. The Hall–Kier alpha value is -3.78. The number of aromatic nitrogens is 1. The van der Waals surface area contributed by atoms with Gasteiger partial charge in [-0.15, -0.1) is 23.1 Å². The maximum Gasteiger partial charge on any atom is 0.416 e. The maximum atomic E-state index is 14.0. The Morgan fingerprint density at radius 1 is 0.857 bits per heavy atom. The van der Waals surface area contributed by atoms with Gasteiger partial charge in [-0.25, -0.2) is 4.98 Å². The highest BCUT2D eigenvalue weighted by Gasteiger charge is 2.33. The Morgan fingerprint density at radius 2 is 1.55 bits per heavy atom. The van der Waals surface area contributed by atoms with E-state index in [-0.39, 0.29) is 60.8 Å². The molecule has 0 saturated carbocycles. The molecule has 262 valence electrons. The summed E-state index contributed by atoms with van der Waals surface area (Å²) >= 11 is 2.79. The van der Waals surface area contributed by atoms with Gasteiger partial charge in [0.05, 0.1) is 21.6 Å². The van der Waals surface area contributed by atoms with Gasteiger partial charge in [-0.05, 0) is 91.0 Å². The van der Waals surface area contributed by atoms with Gasteiger partial charge in [0.25, 0.3) is 0 Å². The molecule has 0 fully saturated rings. The lowest BCUT2D eigenvalue weighted by Gasteiger charge is -2.18. The Labute approximate surface area is 292 Å². The number of alkyl halides is 3. The lowest BCUT2D eigenvalue weighted by Crippen LogP contribution is -2.14. The van der Waals surface area contributed by atoms with E-state index in [9.17, 15) is 22.8 Å². The minimum Gasteiger partial charge on any atom is -0.388 e. The second-order valence-corrected chi connectivity index (χ2v) is 14.1. The average molecular weight is 713 g/mol. The van der Waals surface area contributed by atoms with Crippen molar-refractivity contribution in [1.29, 1.82) is 5.41 Å². The van der Waals surface area contributed by atoms with Crippen molar-refractivity contribution in [3.63, 3.8) is 0 Å². The SMILES string of the molecule is N=C(N)CCCCCC(=O)Cc1cc(C(F)(F)F)cc(CC(=O)Cc2ccc3nc(-c4ccc(NCCCN)cc4)sc3c2)c1SCCN. The van der Waals surface area contributed by atoms with Crippen LogP contribution >= 0.6 is 23.1 Å². The number of hydrogen-bond acceptors (Lipinski definition) is 9. The second-order valence-electron chi connectivity index (χ2n) is 11.9. The number of rotatable bonds is 20. The first-order chi connectivity index (χ1) is 23.5.